The van der Waals surface area contributed by atoms with Crippen molar-refractivity contribution in [2.45, 2.75) is 25.3 Å². The van der Waals surface area contributed by atoms with Crippen molar-refractivity contribution in [1.82, 2.24) is 15.3 Å². The molecule has 1 N–H and O–H groups in total. The van der Waals surface area contributed by atoms with Crippen molar-refractivity contribution >= 4 is 11.8 Å². The Balaban J connectivity index is 2.16. The van der Waals surface area contributed by atoms with Gasteiger partial charge in [-0.1, -0.05) is 26.0 Å². The number of aromatic nitrogens is 2. The molecule has 2 aromatic rings. The molecule has 0 aliphatic carbocycles. The molecule has 100 valence electrons. The van der Waals surface area contributed by atoms with E-state index in [2.05, 4.69) is 53.4 Å². The highest BCUT2D eigenvalue weighted by Crippen LogP contribution is 2.21. The molecule has 1 heterocycles. The van der Waals surface area contributed by atoms with Crippen LogP contribution >= 0.6 is 11.8 Å². The molecule has 1 aromatic carbocycles. The summed E-state index contributed by atoms with van der Waals surface area (Å²) in [5.74, 6) is 1.89. The third-order valence-electron chi connectivity index (χ3n) is 2.69. The molecule has 0 bridgehead atoms. The van der Waals surface area contributed by atoms with Crippen LogP contribution in [0.3, 0.4) is 0 Å². The van der Waals surface area contributed by atoms with Gasteiger partial charge in [0.1, 0.15) is 0 Å². The normalized spacial score (nSPS) is 10.6. The molecule has 0 amide bonds. The number of nitrogens with zero attached hydrogens (tertiary/aromatic N) is 2. The van der Waals surface area contributed by atoms with Crippen LogP contribution in [0.2, 0.25) is 0 Å². The zero-order valence-corrected chi connectivity index (χ0v) is 12.2. The van der Waals surface area contributed by atoms with Gasteiger partial charge in [-0.05, 0) is 30.5 Å². The molecule has 1 aromatic heterocycles. The van der Waals surface area contributed by atoms with Gasteiger partial charge >= 0.3 is 0 Å². The van der Waals surface area contributed by atoms with Crippen molar-refractivity contribution < 1.29 is 0 Å². The monoisotopic (exact) mass is 273 g/mol. The van der Waals surface area contributed by atoms with Gasteiger partial charge in [-0.2, -0.15) is 0 Å². The SMILES string of the molecule is CCNCc1ccnc(-c2ccc(SCC)cc2)n1. The summed E-state index contributed by atoms with van der Waals surface area (Å²) in [4.78, 5) is 10.2. The van der Waals surface area contributed by atoms with Crippen LogP contribution in [0.25, 0.3) is 11.4 Å². The number of hydrogen-bond acceptors (Lipinski definition) is 4. The van der Waals surface area contributed by atoms with Crippen molar-refractivity contribution in [3.63, 3.8) is 0 Å². The van der Waals surface area contributed by atoms with Gasteiger partial charge in [0.2, 0.25) is 0 Å². The van der Waals surface area contributed by atoms with Gasteiger partial charge in [-0.25, -0.2) is 9.97 Å². The van der Waals surface area contributed by atoms with E-state index < -0.39 is 0 Å². The minimum absolute atomic E-state index is 0.787. The van der Waals surface area contributed by atoms with E-state index in [1.165, 1.54) is 4.90 Å². The Morgan fingerprint density at radius 2 is 1.89 bits per heavy atom. The lowest BCUT2D eigenvalue weighted by Gasteiger charge is -2.05. The average Bonchev–Trinajstić information content (AvgIpc) is 2.46. The number of nitrogens with one attached hydrogen (secondary N) is 1. The highest BCUT2D eigenvalue weighted by molar-refractivity contribution is 7.99. The Bertz CT molecular complexity index is 511. The summed E-state index contributed by atoms with van der Waals surface area (Å²) in [5, 5.41) is 3.28. The van der Waals surface area contributed by atoms with Gasteiger partial charge < -0.3 is 5.32 Å². The van der Waals surface area contributed by atoms with E-state index in [1.807, 2.05) is 24.0 Å². The third kappa shape index (κ3) is 4.04. The molecule has 0 spiro atoms. The zero-order chi connectivity index (χ0) is 13.5. The van der Waals surface area contributed by atoms with E-state index in [-0.39, 0.29) is 0 Å². The van der Waals surface area contributed by atoms with Crippen LogP contribution in [0.1, 0.15) is 19.5 Å². The molecule has 0 atom stereocenters. The van der Waals surface area contributed by atoms with Gasteiger partial charge in [-0.15, -0.1) is 11.8 Å². The van der Waals surface area contributed by atoms with Gasteiger partial charge in [-0.3, -0.25) is 0 Å². The van der Waals surface area contributed by atoms with E-state index in [0.717, 1.165) is 35.9 Å². The van der Waals surface area contributed by atoms with E-state index in [0.29, 0.717) is 0 Å². The van der Waals surface area contributed by atoms with Crippen LogP contribution in [0.5, 0.6) is 0 Å². The molecule has 0 radical (unpaired) electrons. The molecule has 3 nitrogen and oxygen atoms in total. The summed E-state index contributed by atoms with van der Waals surface area (Å²) in [6.07, 6.45) is 1.82. The maximum Gasteiger partial charge on any atom is 0.159 e. The standard InChI is InChI=1S/C15H19N3S/c1-3-16-11-13-9-10-17-15(18-13)12-5-7-14(8-6-12)19-4-2/h5-10,16H,3-4,11H2,1-2H3. The van der Waals surface area contributed by atoms with Gasteiger partial charge in [0, 0.05) is 23.2 Å². The minimum atomic E-state index is 0.787. The van der Waals surface area contributed by atoms with Crippen LogP contribution in [0.4, 0.5) is 0 Å². The van der Waals surface area contributed by atoms with Crippen LogP contribution in [-0.2, 0) is 6.54 Å². The van der Waals surface area contributed by atoms with E-state index in [4.69, 9.17) is 0 Å². The third-order valence-corrected chi connectivity index (χ3v) is 3.59. The Hall–Kier alpha value is -1.39. The highest BCUT2D eigenvalue weighted by Gasteiger charge is 2.03. The molecule has 0 aliphatic heterocycles. The predicted molar refractivity (Wildman–Crippen MR) is 81.2 cm³/mol. The fraction of sp³-hybridized carbons (Fsp3) is 0.333. The molecule has 0 unspecified atom stereocenters. The number of rotatable bonds is 6. The second-order valence-corrected chi connectivity index (χ2v) is 5.45. The first kappa shape index (κ1) is 14.0. The van der Waals surface area contributed by atoms with Crippen molar-refractivity contribution in [2.75, 3.05) is 12.3 Å². The molecule has 0 saturated carbocycles. The smallest absolute Gasteiger partial charge is 0.159 e. The molecule has 0 fully saturated rings. The summed E-state index contributed by atoms with van der Waals surface area (Å²) in [6.45, 7) is 5.98. The summed E-state index contributed by atoms with van der Waals surface area (Å²) in [6, 6.07) is 10.4. The van der Waals surface area contributed by atoms with Crippen molar-refractivity contribution in [3.8, 4) is 11.4 Å². The lowest BCUT2D eigenvalue weighted by molar-refractivity contribution is 0.709. The van der Waals surface area contributed by atoms with Gasteiger partial charge in [0.15, 0.2) is 5.82 Å². The summed E-state index contributed by atoms with van der Waals surface area (Å²) in [5.41, 5.74) is 2.10. The number of thioether (sulfide) groups is 1. The van der Waals surface area contributed by atoms with E-state index in [9.17, 15) is 0 Å². The molecule has 0 saturated heterocycles. The maximum atomic E-state index is 4.58. The van der Waals surface area contributed by atoms with Crippen LogP contribution in [0.15, 0.2) is 41.4 Å². The average molecular weight is 273 g/mol. The Kier molecular flexibility index (Phi) is 5.36. The largest absolute Gasteiger partial charge is 0.311 e. The van der Waals surface area contributed by atoms with Crippen molar-refractivity contribution in [1.29, 1.82) is 0 Å². The van der Waals surface area contributed by atoms with E-state index in [1.54, 1.807) is 0 Å². The van der Waals surface area contributed by atoms with E-state index >= 15 is 0 Å². The lowest BCUT2D eigenvalue weighted by atomic mass is 10.2. The molecule has 2 rings (SSSR count). The van der Waals surface area contributed by atoms with Crippen molar-refractivity contribution in [2.24, 2.45) is 0 Å². The Morgan fingerprint density at radius 1 is 1.11 bits per heavy atom. The van der Waals surface area contributed by atoms with Crippen LogP contribution < -0.4 is 5.32 Å². The molecular formula is C15H19N3S. The number of benzene rings is 1. The Morgan fingerprint density at radius 3 is 2.58 bits per heavy atom. The molecule has 0 aliphatic rings. The fourth-order valence-corrected chi connectivity index (χ4v) is 2.42. The second-order valence-electron chi connectivity index (χ2n) is 4.11. The van der Waals surface area contributed by atoms with Crippen LogP contribution in [0, 0.1) is 0 Å². The van der Waals surface area contributed by atoms with Gasteiger partial charge in [0.05, 0.1) is 5.69 Å². The minimum Gasteiger partial charge on any atom is -0.311 e. The maximum absolute atomic E-state index is 4.58. The molecule has 19 heavy (non-hydrogen) atoms. The summed E-state index contributed by atoms with van der Waals surface area (Å²) < 4.78 is 0. The van der Waals surface area contributed by atoms with Crippen LogP contribution in [-0.4, -0.2) is 22.3 Å². The summed E-state index contributed by atoms with van der Waals surface area (Å²) >= 11 is 1.84. The Labute approximate surface area is 118 Å². The topological polar surface area (TPSA) is 37.8 Å². The van der Waals surface area contributed by atoms with Gasteiger partial charge in [0.25, 0.3) is 0 Å². The highest BCUT2D eigenvalue weighted by atomic mass is 32.2. The molecule has 4 heteroatoms. The van der Waals surface area contributed by atoms with Crippen molar-refractivity contribution in [3.05, 3.63) is 42.2 Å². The zero-order valence-electron chi connectivity index (χ0n) is 11.4. The first-order valence-electron chi connectivity index (χ1n) is 6.59. The fourth-order valence-electron chi connectivity index (χ4n) is 1.75. The second kappa shape index (κ2) is 7.26. The first-order valence-corrected chi connectivity index (χ1v) is 7.58. The predicted octanol–water partition coefficient (Wildman–Crippen LogP) is 3.37. The quantitative estimate of drug-likeness (QED) is 0.819. The molecular weight excluding hydrogens is 254 g/mol. The summed E-state index contributed by atoms with van der Waals surface area (Å²) in [7, 11) is 0. The lowest BCUT2D eigenvalue weighted by Crippen LogP contribution is -2.13. The first-order chi connectivity index (χ1) is 9.33. The number of hydrogen-bond donors (Lipinski definition) is 1.